The van der Waals surface area contributed by atoms with Crippen molar-refractivity contribution in [1.82, 2.24) is 10.0 Å². The zero-order valence-electron chi connectivity index (χ0n) is 11.4. The molecule has 0 aromatic heterocycles. The topological polar surface area (TPSA) is 58.2 Å². The van der Waals surface area contributed by atoms with Gasteiger partial charge >= 0.3 is 0 Å². The summed E-state index contributed by atoms with van der Waals surface area (Å²) in [4.78, 5) is 0.313. The Kier molecular flexibility index (Phi) is 5.92. The molecule has 1 saturated heterocycles. The van der Waals surface area contributed by atoms with Gasteiger partial charge in [0.25, 0.3) is 0 Å². The first-order valence-corrected chi connectivity index (χ1v) is 9.99. The van der Waals surface area contributed by atoms with Gasteiger partial charge in [0.2, 0.25) is 10.0 Å². The van der Waals surface area contributed by atoms with Gasteiger partial charge in [0.05, 0.1) is 4.90 Å². The molecule has 2 rings (SSSR count). The molecule has 1 fully saturated rings. The van der Waals surface area contributed by atoms with Crippen molar-refractivity contribution in [2.45, 2.75) is 30.3 Å². The minimum atomic E-state index is -3.45. The lowest BCUT2D eigenvalue weighted by Gasteiger charge is -2.22. The highest BCUT2D eigenvalue weighted by atomic mass is 79.9. The summed E-state index contributed by atoms with van der Waals surface area (Å²) in [6, 6.07) is 5.39. The molecule has 0 aliphatic carbocycles. The first kappa shape index (κ1) is 16.3. The number of hydrogen-bond acceptors (Lipinski definition) is 4. The fourth-order valence-corrected chi connectivity index (χ4v) is 5.77. The van der Waals surface area contributed by atoms with Crippen LogP contribution in [0.1, 0.15) is 18.4 Å². The molecule has 20 heavy (non-hydrogen) atoms. The maximum atomic E-state index is 12.4. The Balaban J connectivity index is 2.16. The van der Waals surface area contributed by atoms with E-state index in [4.69, 9.17) is 0 Å². The van der Waals surface area contributed by atoms with E-state index in [1.165, 1.54) is 0 Å². The van der Waals surface area contributed by atoms with Gasteiger partial charge in [-0.05, 0) is 59.3 Å². The van der Waals surface area contributed by atoms with Crippen LogP contribution in [-0.2, 0) is 16.6 Å². The molecule has 0 radical (unpaired) electrons. The second kappa shape index (κ2) is 7.26. The molecule has 0 bridgehead atoms. The van der Waals surface area contributed by atoms with Crippen LogP contribution in [0.5, 0.6) is 0 Å². The van der Waals surface area contributed by atoms with Gasteiger partial charge in [0, 0.05) is 22.8 Å². The molecule has 1 aliphatic heterocycles. The number of thioether (sulfide) groups is 1. The Morgan fingerprint density at radius 3 is 2.85 bits per heavy atom. The highest BCUT2D eigenvalue weighted by Crippen LogP contribution is 2.25. The van der Waals surface area contributed by atoms with E-state index in [9.17, 15) is 8.42 Å². The van der Waals surface area contributed by atoms with E-state index in [0.29, 0.717) is 15.9 Å². The average Bonchev–Trinajstić information content (AvgIpc) is 2.39. The number of nitrogens with one attached hydrogen (secondary N) is 2. The van der Waals surface area contributed by atoms with Crippen LogP contribution >= 0.6 is 27.7 Å². The van der Waals surface area contributed by atoms with Gasteiger partial charge in [-0.25, -0.2) is 13.1 Å². The fraction of sp³-hybridized carbons (Fsp3) is 0.538. The molecule has 1 aliphatic rings. The summed E-state index contributed by atoms with van der Waals surface area (Å²) in [7, 11) is -1.59. The number of halogens is 1. The number of hydrogen-bond donors (Lipinski definition) is 2. The molecular formula is C13H19BrN2O2S2. The lowest BCUT2D eigenvalue weighted by Crippen LogP contribution is -2.38. The first-order chi connectivity index (χ1) is 9.53. The lowest BCUT2D eigenvalue weighted by molar-refractivity contribution is 0.542. The van der Waals surface area contributed by atoms with Gasteiger partial charge in [-0.15, -0.1) is 0 Å². The molecule has 0 saturated carbocycles. The number of benzene rings is 1. The highest BCUT2D eigenvalue weighted by molar-refractivity contribution is 9.10. The summed E-state index contributed by atoms with van der Waals surface area (Å²) in [5.41, 5.74) is 1.05. The summed E-state index contributed by atoms with van der Waals surface area (Å²) >= 11 is 5.17. The van der Waals surface area contributed by atoms with E-state index in [-0.39, 0.29) is 6.04 Å². The largest absolute Gasteiger partial charge is 0.316 e. The van der Waals surface area contributed by atoms with E-state index < -0.39 is 10.0 Å². The van der Waals surface area contributed by atoms with Crippen molar-refractivity contribution in [2.75, 3.05) is 18.6 Å². The van der Waals surface area contributed by atoms with E-state index in [1.54, 1.807) is 17.8 Å². The molecule has 1 unspecified atom stereocenters. The third-order valence-electron chi connectivity index (χ3n) is 3.15. The monoisotopic (exact) mass is 378 g/mol. The Morgan fingerprint density at radius 2 is 2.25 bits per heavy atom. The van der Waals surface area contributed by atoms with Crippen LogP contribution < -0.4 is 10.0 Å². The molecule has 7 heteroatoms. The van der Waals surface area contributed by atoms with Crippen molar-refractivity contribution >= 4 is 37.7 Å². The quantitative estimate of drug-likeness (QED) is 0.825. The zero-order valence-corrected chi connectivity index (χ0v) is 14.6. The van der Waals surface area contributed by atoms with Gasteiger partial charge in [-0.3, -0.25) is 0 Å². The van der Waals surface area contributed by atoms with Gasteiger partial charge in [-0.2, -0.15) is 11.8 Å². The van der Waals surface area contributed by atoms with Crippen molar-refractivity contribution < 1.29 is 8.42 Å². The lowest BCUT2D eigenvalue weighted by atomic mass is 10.2. The minimum absolute atomic E-state index is 0.0441. The van der Waals surface area contributed by atoms with E-state index in [1.807, 2.05) is 19.2 Å². The number of sulfonamides is 1. The predicted molar refractivity (Wildman–Crippen MR) is 87.6 cm³/mol. The molecule has 1 aromatic carbocycles. The standard InChI is InChI=1S/C13H19BrN2O2S2/c1-15-8-10-4-5-13(12(14)7-10)20(17,18)16-11-3-2-6-19-9-11/h4-5,7,11,15-16H,2-3,6,8-9H2,1H3. The van der Waals surface area contributed by atoms with Crippen molar-refractivity contribution in [3.8, 4) is 0 Å². The zero-order chi connectivity index (χ0) is 14.6. The minimum Gasteiger partial charge on any atom is -0.316 e. The van der Waals surface area contributed by atoms with Gasteiger partial charge in [0.1, 0.15) is 0 Å². The van der Waals surface area contributed by atoms with E-state index in [0.717, 1.165) is 29.9 Å². The third kappa shape index (κ3) is 4.21. The number of rotatable bonds is 5. The third-order valence-corrected chi connectivity index (χ3v) is 6.86. The molecule has 2 N–H and O–H groups in total. The summed E-state index contributed by atoms with van der Waals surface area (Å²) in [5.74, 6) is 1.98. The Hall–Kier alpha value is -0.0800. The van der Waals surface area contributed by atoms with Gasteiger partial charge in [0.15, 0.2) is 0 Å². The van der Waals surface area contributed by atoms with Crippen LogP contribution in [0.15, 0.2) is 27.6 Å². The summed E-state index contributed by atoms with van der Waals surface area (Å²) in [6.45, 7) is 0.714. The van der Waals surface area contributed by atoms with Crippen molar-refractivity contribution in [1.29, 1.82) is 0 Å². The van der Waals surface area contributed by atoms with Crippen molar-refractivity contribution in [3.63, 3.8) is 0 Å². The van der Waals surface area contributed by atoms with Crippen molar-refractivity contribution in [3.05, 3.63) is 28.2 Å². The van der Waals surface area contributed by atoms with Crippen LogP contribution in [0, 0.1) is 0 Å². The summed E-state index contributed by atoms with van der Waals surface area (Å²) < 4.78 is 28.3. The Bertz CT molecular complexity index is 557. The molecule has 1 atom stereocenters. The van der Waals surface area contributed by atoms with Crippen LogP contribution in [-0.4, -0.2) is 33.0 Å². The molecule has 4 nitrogen and oxygen atoms in total. The smallest absolute Gasteiger partial charge is 0.241 e. The fourth-order valence-electron chi connectivity index (χ4n) is 2.19. The molecule has 1 aromatic rings. The van der Waals surface area contributed by atoms with Crippen molar-refractivity contribution in [2.24, 2.45) is 0 Å². The average molecular weight is 379 g/mol. The SMILES string of the molecule is CNCc1ccc(S(=O)(=O)NC2CCCSC2)c(Br)c1. The predicted octanol–water partition coefficient (Wildman–Crippen LogP) is 2.34. The highest BCUT2D eigenvalue weighted by Gasteiger charge is 2.23. The molecule has 112 valence electrons. The Labute approximate surface area is 133 Å². The second-order valence-electron chi connectivity index (χ2n) is 4.83. The van der Waals surface area contributed by atoms with Crippen LogP contribution in [0.3, 0.4) is 0 Å². The van der Waals surface area contributed by atoms with Crippen LogP contribution in [0.2, 0.25) is 0 Å². The summed E-state index contributed by atoms with van der Waals surface area (Å²) in [6.07, 6.45) is 1.99. The molecule has 0 spiro atoms. The molecule has 1 heterocycles. The normalized spacial score (nSPS) is 20.0. The van der Waals surface area contributed by atoms with E-state index in [2.05, 4.69) is 26.0 Å². The first-order valence-electron chi connectivity index (χ1n) is 6.56. The maximum Gasteiger partial charge on any atom is 0.241 e. The molecule has 0 amide bonds. The molecular weight excluding hydrogens is 360 g/mol. The van der Waals surface area contributed by atoms with Crippen LogP contribution in [0.25, 0.3) is 0 Å². The second-order valence-corrected chi connectivity index (χ2v) is 8.52. The summed E-state index contributed by atoms with van der Waals surface area (Å²) in [5, 5.41) is 3.05. The Morgan fingerprint density at radius 1 is 1.45 bits per heavy atom. The van der Waals surface area contributed by atoms with Crippen LogP contribution in [0.4, 0.5) is 0 Å². The van der Waals surface area contributed by atoms with E-state index >= 15 is 0 Å². The maximum absolute atomic E-state index is 12.4. The van der Waals surface area contributed by atoms with Gasteiger partial charge < -0.3 is 5.32 Å². The van der Waals surface area contributed by atoms with Gasteiger partial charge in [-0.1, -0.05) is 6.07 Å².